The van der Waals surface area contributed by atoms with Crippen LogP contribution in [0.5, 0.6) is 0 Å². The third-order valence-electron chi connectivity index (χ3n) is 2.10. The summed E-state index contributed by atoms with van der Waals surface area (Å²) in [6.07, 6.45) is 0. The summed E-state index contributed by atoms with van der Waals surface area (Å²) in [5.41, 5.74) is 0.242. The number of rotatable bonds is 3. The maximum atomic E-state index is 11.0. The van der Waals surface area contributed by atoms with E-state index < -0.39 is 27.2 Å². The lowest BCUT2D eigenvalue weighted by atomic mass is 10.2. The topological polar surface area (TPSA) is 40.1 Å². The van der Waals surface area contributed by atoms with Crippen LogP contribution < -0.4 is 26.3 Å². The summed E-state index contributed by atoms with van der Waals surface area (Å²) in [5.74, 6) is -1.15. The van der Waals surface area contributed by atoms with Crippen LogP contribution in [-0.4, -0.2) is 5.97 Å². The first-order valence-electron chi connectivity index (χ1n) is 4.87. The van der Waals surface area contributed by atoms with Gasteiger partial charge in [0.15, 0.2) is 3.57 Å². The smallest absolute Gasteiger partial charge is 0.358 e. The van der Waals surface area contributed by atoms with Crippen LogP contribution in [0, 0.1) is 7.14 Å². The van der Waals surface area contributed by atoms with E-state index in [0.717, 1.165) is 7.14 Å². The number of carbonyl (C=O) groups is 1. The average Bonchev–Trinajstić information content (AvgIpc) is 2.30. The van der Waals surface area contributed by atoms with E-state index in [-0.39, 0.29) is 5.56 Å². The molecule has 0 bridgehead atoms. The highest BCUT2D eigenvalue weighted by Crippen LogP contribution is 2.09. The monoisotopic (exact) mass is 358 g/mol. The van der Waals surface area contributed by atoms with Gasteiger partial charge in [-0.05, 0) is 24.3 Å². The molecule has 2 aromatic rings. The van der Waals surface area contributed by atoms with Crippen molar-refractivity contribution in [1.82, 2.24) is 0 Å². The molecule has 4 heteroatoms. The number of halogens is 2. The quantitative estimate of drug-likeness (QED) is 0.649. The predicted octanol–water partition coefficient (Wildman–Crippen LogP) is -1.17. The van der Waals surface area contributed by atoms with Gasteiger partial charge in [0.25, 0.3) is 0 Å². The molecule has 0 atom stereocenters. The van der Waals surface area contributed by atoms with E-state index in [9.17, 15) is 9.90 Å². The SMILES string of the molecule is O=C([O-])c1ccc(Cl)cc1[I+]c1ccccc1. The molecule has 0 aromatic heterocycles. The third-order valence-corrected chi connectivity index (χ3v) is 5.15. The molecule has 2 rings (SSSR count). The highest BCUT2D eigenvalue weighted by Gasteiger charge is 2.20. The summed E-state index contributed by atoms with van der Waals surface area (Å²) in [5, 5.41) is 11.5. The number of hydrogen-bond donors (Lipinski definition) is 0. The first-order valence-corrected chi connectivity index (χ1v) is 7.41. The second-order valence-corrected chi connectivity index (χ2v) is 6.69. The Hall–Kier alpha value is -1.07. The Labute approximate surface area is 114 Å². The molecule has 0 amide bonds. The molecule has 0 aliphatic heterocycles. The summed E-state index contributed by atoms with van der Waals surface area (Å²) in [4.78, 5) is 11.0. The molecule has 86 valence electrons. The van der Waals surface area contributed by atoms with E-state index >= 15 is 0 Å². The molecule has 0 aliphatic carbocycles. The van der Waals surface area contributed by atoms with Crippen LogP contribution in [0.25, 0.3) is 0 Å². The van der Waals surface area contributed by atoms with E-state index in [0.29, 0.717) is 5.02 Å². The molecule has 0 N–H and O–H groups in total. The van der Waals surface area contributed by atoms with Crippen molar-refractivity contribution in [1.29, 1.82) is 0 Å². The molecular formula is C13H8ClIO2. The molecule has 0 aliphatic rings. The van der Waals surface area contributed by atoms with Crippen molar-refractivity contribution in [3.05, 3.63) is 66.3 Å². The van der Waals surface area contributed by atoms with Crippen molar-refractivity contribution in [2.24, 2.45) is 0 Å². The Morgan fingerprint density at radius 3 is 2.47 bits per heavy atom. The van der Waals surface area contributed by atoms with Crippen molar-refractivity contribution < 1.29 is 31.1 Å². The van der Waals surface area contributed by atoms with Crippen molar-refractivity contribution in [3.63, 3.8) is 0 Å². The minimum atomic E-state index is -1.15. The van der Waals surface area contributed by atoms with Gasteiger partial charge in [-0.25, -0.2) is 0 Å². The van der Waals surface area contributed by atoms with Crippen LogP contribution in [0.3, 0.4) is 0 Å². The van der Waals surface area contributed by atoms with Gasteiger partial charge in [-0.15, -0.1) is 0 Å². The Balaban J connectivity index is 2.37. The summed E-state index contributed by atoms with van der Waals surface area (Å²) in [6.45, 7) is 0. The summed E-state index contributed by atoms with van der Waals surface area (Å²) < 4.78 is 1.93. The van der Waals surface area contributed by atoms with Crippen molar-refractivity contribution in [2.75, 3.05) is 0 Å². The Bertz CT molecular complexity index is 540. The van der Waals surface area contributed by atoms with E-state index in [2.05, 4.69) is 0 Å². The van der Waals surface area contributed by atoms with E-state index in [4.69, 9.17) is 11.6 Å². The minimum Gasteiger partial charge on any atom is -0.545 e. The number of hydrogen-bond acceptors (Lipinski definition) is 2. The molecule has 0 saturated heterocycles. The standard InChI is InChI=1S/C13H8ClIO2/c14-9-6-7-11(13(16)17)12(8-9)15-10-4-2-1-3-5-10/h1-8H. The maximum Gasteiger partial charge on any atom is 0.358 e. The molecule has 0 saturated carbocycles. The van der Waals surface area contributed by atoms with E-state index in [1.807, 2.05) is 30.3 Å². The van der Waals surface area contributed by atoms with Gasteiger partial charge < -0.3 is 9.90 Å². The second-order valence-electron chi connectivity index (χ2n) is 3.30. The van der Waals surface area contributed by atoms with Crippen LogP contribution in [0.1, 0.15) is 10.4 Å². The van der Waals surface area contributed by atoms with Crippen molar-refractivity contribution in [3.8, 4) is 0 Å². The molecule has 2 aromatic carbocycles. The largest absolute Gasteiger partial charge is 0.545 e. The Kier molecular flexibility index (Phi) is 4.02. The molecule has 2 nitrogen and oxygen atoms in total. The number of benzene rings is 2. The highest BCUT2D eigenvalue weighted by molar-refractivity contribution is 6.30. The fraction of sp³-hybridized carbons (Fsp3) is 0. The Morgan fingerprint density at radius 2 is 1.82 bits per heavy atom. The second kappa shape index (κ2) is 5.51. The average molecular weight is 359 g/mol. The first-order chi connectivity index (χ1) is 8.16. The summed E-state index contributed by atoms with van der Waals surface area (Å²) >= 11 is 5.34. The van der Waals surface area contributed by atoms with Crippen LogP contribution in [0.2, 0.25) is 5.02 Å². The van der Waals surface area contributed by atoms with Gasteiger partial charge in [-0.1, -0.05) is 29.8 Å². The first kappa shape index (κ1) is 12.4. The van der Waals surface area contributed by atoms with Crippen molar-refractivity contribution in [2.45, 2.75) is 0 Å². The maximum absolute atomic E-state index is 11.0. The van der Waals surface area contributed by atoms with Gasteiger partial charge in [-0.3, -0.25) is 0 Å². The minimum absolute atomic E-state index is 0.242. The zero-order valence-electron chi connectivity index (χ0n) is 8.69. The molecule has 0 heterocycles. The van der Waals surface area contributed by atoms with Crippen molar-refractivity contribution >= 4 is 17.6 Å². The summed E-state index contributed by atoms with van der Waals surface area (Å²) in [6, 6.07) is 14.6. The number of carbonyl (C=O) groups excluding carboxylic acids is 1. The van der Waals surface area contributed by atoms with Gasteiger partial charge in [0.2, 0.25) is 3.57 Å². The molecule has 0 radical (unpaired) electrons. The lowest BCUT2D eigenvalue weighted by molar-refractivity contribution is -0.598. The van der Waals surface area contributed by atoms with Gasteiger partial charge in [0.1, 0.15) is 0 Å². The van der Waals surface area contributed by atoms with Gasteiger partial charge in [-0.2, -0.15) is 0 Å². The zero-order valence-corrected chi connectivity index (χ0v) is 11.6. The van der Waals surface area contributed by atoms with Crippen LogP contribution in [0.15, 0.2) is 48.5 Å². The molecule has 17 heavy (non-hydrogen) atoms. The number of aromatic carboxylic acids is 1. The fourth-order valence-electron chi connectivity index (χ4n) is 1.33. The molecule has 0 fully saturated rings. The molecular weight excluding hydrogens is 350 g/mol. The summed E-state index contributed by atoms with van der Waals surface area (Å²) in [7, 11) is 0. The highest BCUT2D eigenvalue weighted by atomic mass is 127. The molecule has 0 unspecified atom stereocenters. The third kappa shape index (κ3) is 3.20. The fourth-order valence-corrected chi connectivity index (χ4v) is 4.31. The zero-order chi connectivity index (χ0) is 12.3. The number of carboxylic acids is 1. The van der Waals surface area contributed by atoms with Crippen LogP contribution >= 0.6 is 11.6 Å². The van der Waals surface area contributed by atoms with Crippen LogP contribution in [0.4, 0.5) is 0 Å². The van der Waals surface area contributed by atoms with Gasteiger partial charge in [0, 0.05) is 11.1 Å². The van der Waals surface area contributed by atoms with E-state index in [1.165, 1.54) is 6.07 Å². The number of carboxylic acid groups (broad SMARTS) is 1. The van der Waals surface area contributed by atoms with Gasteiger partial charge >= 0.3 is 21.2 Å². The normalized spacial score (nSPS) is 10.2. The predicted molar refractivity (Wildman–Crippen MR) is 59.6 cm³/mol. The Morgan fingerprint density at radius 1 is 1.12 bits per heavy atom. The lowest BCUT2D eigenvalue weighted by Gasteiger charge is -2.01. The van der Waals surface area contributed by atoms with E-state index in [1.54, 1.807) is 12.1 Å². The van der Waals surface area contributed by atoms with Gasteiger partial charge in [0.05, 0.1) is 11.5 Å². The lowest BCUT2D eigenvalue weighted by Crippen LogP contribution is -3.61. The van der Waals surface area contributed by atoms with Crippen LogP contribution in [-0.2, 0) is 0 Å². The molecule has 0 spiro atoms.